The van der Waals surface area contributed by atoms with Gasteiger partial charge in [0.1, 0.15) is 0 Å². The van der Waals surface area contributed by atoms with Crippen molar-refractivity contribution >= 4 is 64.9 Å². The SMILES string of the molecule is C=C/C=C\C.C=C/C=C\Cc1ccc2ccc(-c3ccc4c5ccc6cc(-c7ccc8ccc(C)cc8c7)ccc6c5n(-c5ccc6ccccc6c5)c4c3)cc2c1. The van der Waals surface area contributed by atoms with Gasteiger partial charge in [-0.25, -0.2) is 0 Å². The average molecular weight is 744 g/mol. The van der Waals surface area contributed by atoms with Crippen molar-refractivity contribution < 1.29 is 0 Å². The summed E-state index contributed by atoms with van der Waals surface area (Å²) in [6, 6.07) is 61.2. The molecule has 0 radical (unpaired) electrons. The van der Waals surface area contributed by atoms with Gasteiger partial charge in [0.15, 0.2) is 0 Å². The lowest BCUT2D eigenvalue weighted by Crippen LogP contribution is -1.95. The Balaban J connectivity index is 0.000000823. The Hall–Kier alpha value is -7.22. The number of hydrogen-bond acceptors (Lipinski definition) is 0. The van der Waals surface area contributed by atoms with Crippen LogP contribution in [0.3, 0.4) is 0 Å². The summed E-state index contributed by atoms with van der Waals surface area (Å²) in [6.07, 6.45) is 12.5. The predicted octanol–water partition coefficient (Wildman–Crippen LogP) is 16.1. The first kappa shape index (κ1) is 36.4. The first-order valence-corrected chi connectivity index (χ1v) is 20.1. The van der Waals surface area contributed by atoms with Crippen LogP contribution in [0, 0.1) is 6.92 Å². The highest BCUT2D eigenvalue weighted by Gasteiger charge is 2.17. The van der Waals surface area contributed by atoms with Gasteiger partial charge >= 0.3 is 0 Å². The van der Waals surface area contributed by atoms with E-state index in [1.54, 1.807) is 6.08 Å². The maximum atomic E-state index is 3.81. The van der Waals surface area contributed by atoms with Gasteiger partial charge in [-0.05, 0) is 122 Å². The first-order valence-electron chi connectivity index (χ1n) is 20.1. The minimum atomic E-state index is 0.890. The normalized spacial score (nSPS) is 11.7. The molecule has 0 atom stereocenters. The second kappa shape index (κ2) is 15.7. The Bertz CT molecular complexity index is 3260. The second-order valence-electron chi connectivity index (χ2n) is 15.1. The lowest BCUT2D eigenvalue weighted by Gasteiger charge is -2.13. The van der Waals surface area contributed by atoms with E-state index in [-0.39, 0.29) is 0 Å². The summed E-state index contributed by atoms with van der Waals surface area (Å²) in [5.41, 5.74) is 11.1. The number of rotatable bonds is 7. The minimum Gasteiger partial charge on any atom is -0.309 e. The van der Waals surface area contributed by atoms with E-state index in [1.165, 1.54) is 98.3 Å². The summed E-state index contributed by atoms with van der Waals surface area (Å²) < 4.78 is 2.49. The summed E-state index contributed by atoms with van der Waals surface area (Å²) in [4.78, 5) is 0. The molecule has 58 heavy (non-hydrogen) atoms. The molecule has 278 valence electrons. The summed E-state index contributed by atoms with van der Waals surface area (Å²) in [5.74, 6) is 0. The Morgan fingerprint density at radius 1 is 0.466 bits per heavy atom. The van der Waals surface area contributed by atoms with E-state index in [1.807, 2.05) is 31.2 Å². The van der Waals surface area contributed by atoms with Crippen LogP contribution < -0.4 is 0 Å². The van der Waals surface area contributed by atoms with Gasteiger partial charge in [-0.2, -0.15) is 0 Å². The highest BCUT2D eigenvalue weighted by atomic mass is 15.0. The first-order chi connectivity index (χ1) is 28.5. The Kier molecular flexibility index (Phi) is 9.88. The van der Waals surface area contributed by atoms with Crippen molar-refractivity contribution in [2.45, 2.75) is 20.3 Å². The third-order valence-corrected chi connectivity index (χ3v) is 11.3. The van der Waals surface area contributed by atoms with Crippen molar-refractivity contribution in [1.82, 2.24) is 4.57 Å². The van der Waals surface area contributed by atoms with Gasteiger partial charge in [0, 0.05) is 21.8 Å². The van der Waals surface area contributed by atoms with Crippen LogP contribution in [0.25, 0.3) is 92.8 Å². The monoisotopic (exact) mass is 743 g/mol. The van der Waals surface area contributed by atoms with E-state index in [9.17, 15) is 0 Å². The Morgan fingerprint density at radius 2 is 1.03 bits per heavy atom. The third kappa shape index (κ3) is 6.93. The van der Waals surface area contributed by atoms with Crippen LogP contribution in [-0.4, -0.2) is 4.57 Å². The summed E-state index contributed by atoms with van der Waals surface area (Å²) >= 11 is 0. The van der Waals surface area contributed by atoms with E-state index in [0.29, 0.717) is 0 Å². The smallest absolute Gasteiger partial charge is 0.0619 e. The quantitative estimate of drug-likeness (QED) is 0.143. The predicted molar refractivity (Wildman–Crippen MR) is 254 cm³/mol. The van der Waals surface area contributed by atoms with Gasteiger partial charge in [-0.1, -0.05) is 183 Å². The molecule has 0 amide bonds. The number of allylic oxidation sites excluding steroid dienone is 6. The lowest BCUT2D eigenvalue weighted by atomic mass is 9.96. The molecule has 0 N–H and O–H groups in total. The third-order valence-electron chi connectivity index (χ3n) is 11.3. The minimum absolute atomic E-state index is 0.890. The maximum absolute atomic E-state index is 3.81. The van der Waals surface area contributed by atoms with Crippen LogP contribution in [0.1, 0.15) is 18.1 Å². The Labute approximate surface area is 340 Å². The van der Waals surface area contributed by atoms with Crippen molar-refractivity contribution in [1.29, 1.82) is 0 Å². The van der Waals surface area contributed by atoms with Gasteiger partial charge in [0.05, 0.1) is 11.0 Å². The summed E-state index contributed by atoms with van der Waals surface area (Å²) in [6.45, 7) is 11.4. The fourth-order valence-electron chi connectivity index (χ4n) is 8.36. The highest BCUT2D eigenvalue weighted by Crippen LogP contribution is 2.40. The number of aryl methyl sites for hydroxylation is 1. The number of aromatic nitrogens is 1. The van der Waals surface area contributed by atoms with E-state index in [2.05, 4.69) is 195 Å². The molecule has 10 rings (SSSR count). The van der Waals surface area contributed by atoms with Crippen LogP contribution in [0.4, 0.5) is 0 Å². The van der Waals surface area contributed by atoms with E-state index < -0.39 is 0 Å². The van der Waals surface area contributed by atoms with Crippen molar-refractivity contribution in [2.24, 2.45) is 0 Å². The average Bonchev–Trinajstić information content (AvgIpc) is 3.60. The molecule has 0 fully saturated rings. The van der Waals surface area contributed by atoms with Gasteiger partial charge in [-0.15, -0.1) is 0 Å². The van der Waals surface area contributed by atoms with Crippen LogP contribution in [0.5, 0.6) is 0 Å². The van der Waals surface area contributed by atoms with Crippen LogP contribution in [0.2, 0.25) is 0 Å². The van der Waals surface area contributed by atoms with E-state index >= 15 is 0 Å². The fourth-order valence-corrected chi connectivity index (χ4v) is 8.36. The van der Waals surface area contributed by atoms with Gasteiger partial charge in [0.2, 0.25) is 0 Å². The zero-order chi connectivity index (χ0) is 39.6. The molecule has 1 nitrogen and oxygen atoms in total. The topological polar surface area (TPSA) is 4.93 Å². The molecule has 0 aliphatic carbocycles. The number of nitrogens with zero attached hydrogens (tertiary/aromatic N) is 1. The molecule has 10 aromatic rings. The molecular weight excluding hydrogens is 699 g/mol. The Morgan fingerprint density at radius 3 is 1.76 bits per heavy atom. The van der Waals surface area contributed by atoms with Crippen LogP contribution >= 0.6 is 0 Å². The molecular formula is C57H45N. The van der Waals surface area contributed by atoms with Crippen LogP contribution in [-0.2, 0) is 6.42 Å². The van der Waals surface area contributed by atoms with Crippen LogP contribution in [0.15, 0.2) is 213 Å². The molecule has 1 heteroatoms. The van der Waals surface area contributed by atoms with Crippen molar-refractivity contribution in [3.05, 3.63) is 225 Å². The molecule has 0 aliphatic rings. The molecule has 0 bridgehead atoms. The maximum Gasteiger partial charge on any atom is 0.0619 e. The van der Waals surface area contributed by atoms with E-state index in [4.69, 9.17) is 0 Å². The number of fused-ring (bicyclic) bond motifs is 8. The molecule has 0 saturated carbocycles. The van der Waals surface area contributed by atoms with Gasteiger partial charge in [-0.3, -0.25) is 0 Å². The molecule has 0 aliphatic heterocycles. The molecule has 0 spiro atoms. The van der Waals surface area contributed by atoms with Gasteiger partial charge in [0.25, 0.3) is 0 Å². The zero-order valence-corrected chi connectivity index (χ0v) is 33.1. The second-order valence-corrected chi connectivity index (χ2v) is 15.1. The van der Waals surface area contributed by atoms with E-state index in [0.717, 1.165) is 12.1 Å². The molecule has 9 aromatic carbocycles. The van der Waals surface area contributed by atoms with Gasteiger partial charge < -0.3 is 4.57 Å². The highest BCUT2D eigenvalue weighted by molar-refractivity contribution is 6.19. The largest absolute Gasteiger partial charge is 0.309 e. The molecule has 0 saturated heterocycles. The molecule has 1 heterocycles. The summed E-state index contributed by atoms with van der Waals surface area (Å²) in [5, 5.41) is 12.5. The standard InChI is InChI=1S/C52H37N.C5H8/c1-3-4-5-8-35-12-14-38-16-18-41(31-46(38)28-35)43-21-25-49-50-26-22-44-29-42(40-17-15-37-13-11-34(2)27-45(37)30-40)20-24-48(44)52(50)53(51(49)33-43)47-23-19-36-9-6-7-10-39(36)32-47;1-3-5-4-2/h3-7,9-33H,1,8H2,2H3;3-5H,1H2,2H3/b2*5-4-. The van der Waals surface area contributed by atoms with Crippen molar-refractivity contribution in [3.8, 4) is 27.9 Å². The zero-order valence-electron chi connectivity index (χ0n) is 33.1. The lowest BCUT2D eigenvalue weighted by molar-refractivity contribution is 1.19. The number of hydrogen-bond donors (Lipinski definition) is 0. The number of benzene rings is 9. The summed E-state index contributed by atoms with van der Waals surface area (Å²) in [7, 11) is 0. The molecule has 0 unspecified atom stereocenters. The fraction of sp³-hybridized carbons (Fsp3) is 0.0526. The molecule has 1 aromatic heterocycles. The van der Waals surface area contributed by atoms with Crippen molar-refractivity contribution in [3.63, 3.8) is 0 Å². The van der Waals surface area contributed by atoms with Crippen molar-refractivity contribution in [2.75, 3.05) is 0 Å².